The zero-order valence-corrected chi connectivity index (χ0v) is 26.4. The average Bonchev–Trinajstić information content (AvgIpc) is 3.27. The zero-order chi connectivity index (χ0) is 32.5. The van der Waals surface area contributed by atoms with Gasteiger partial charge in [-0.15, -0.1) is 0 Å². The van der Waals surface area contributed by atoms with Crippen LogP contribution in [0.5, 0.6) is 11.5 Å². The first-order chi connectivity index (χ1) is 22.8. The molecule has 0 saturated heterocycles. The third kappa shape index (κ3) is 5.84. The lowest BCUT2D eigenvalue weighted by molar-refractivity contribution is -0.131. The number of benzene rings is 2. The Morgan fingerprint density at radius 3 is 2.51 bits per heavy atom. The second kappa shape index (κ2) is 12.6. The first-order valence-corrected chi connectivity index (χ1v) is 16.3. The van der Waals surface area contributed by atoms with Crippen LogP contribution < -0.4 is 20.1 Å². The van der Waals surface area contributed by atoms with Crippen molar-refractivity contribution in [1.29, 1.82) is 0 Å². The van der Waals surface area contributed by atoms with Gasteiger partial charge in [0.25, 0.3) is 5.91 Å². The van der Waals surface area contributed by atoms with E-state index in [0.717, 1.165) is 59.1 Å². The molecular weight excluding hydrogens is 596 g/mol. The molecule has 4 aromatic rings. The van der Waals surface area contributed by atoms with E-state index >= 15 is 0 Å². The average molecular weight is 635 g/mol. The minimum absolute atomic E-state index is 0.266. The Morgan fingerprint density at radius 2 is 1.81 bits per heavy atom. The molecule has 7 rings (SSSR count). The lowest BCUT2D eigenvalue weighted by Crippen LogP contribution is -2.61. The van der Waals surface area contributed by atoms with E-state index in [0.29, 0.717) is 43.2 Å². The van der Waals surface area contributed by atoms with E-state index in [-0.39, 0.29) is 17.5 Å². The standard InChI is InChI=1S/C37H38N4O6/c1-46-26-13-14-27-30(22-26)47-21-20-41-33(27)32(24-6-3-2-4-7-24)28-15-16-29(39-34(28)41)35(44)40-37(18-5-19-37)36(45)38-25-11-8-23(9-12-25)10-17-31(42)43/h8-17,22,24H,2-7,18-21H2,1H3,(H,38,45)(H,40,44)(H,42,43). The van der Waals surface area contributed by atoms with E-state index in [4.69, 9.17) is 19.6 Å². The van der Waals surface area contributed by atoms with Gasteiger partial charge in [-0.25, -0.2) is 9.78 Å². The van der Waals surface area contributed by atoms with Gasteiger partial charge >= 0.3 is 5.97 Å². The molecule has 10 nitrogen and oxygen atoms in total. The van der Waals surface area contributed by atoms with Gasteiger partial charge in [0.15, 0.2) is 0 Å². The number of nitrogens with zero attached hydrogens (tertiary/aromatic N) is 2. The number of pyridine rings is 1. The minimum Gasteiger partial charge on any atom is -0.497 e. The highest BCUT2D eigenvalue weighted by atomic mass is 16.5. The summed E-state index contributed by atoms with van der Waals surface area (Å²) in [5.41, 5.74) is 4.62. The number of hydrogen-bond acceptors (Lipinski definition) is 6. The monoisotopic (exact) mass is 634 g/mol. The summed E-state index contributed by atoms with van der Waals surface area (Å²) in [6, 6.07) is 16.6. The second-order valence-corrected chi connectivity index (χ2v) is 12.7. The van der Waals surface area contributed by atoms with Gasteiger partial charge in [-0.2, -0.15) is 0 Å². The lowest BCUT2D eigenvalue weighted by Gasteiger charge is -2.40. The topological polar surface area (TPSA) is 132 Å². The molecule has 1 aliphatic heterocycles. The first kappa shape index (κ1) is 30.5. The number of rotatable bonds is 8. The number of anilines is 1. The minimum atomic E-state index is -1.04. The van der Waals surface area contributed by atoms with Crippen molar-refractivity contribution in [2.75, 3.05) is 19.0 Å². The molecule has 2 aromatic carbocycles. The lowest BCUT2D eigenvalue weighted by atomic mass is 9.75. The van der Waals surface area contributed by atoms with Gasteiger partial charge in [-0.1, -0.05) is 31.4 Å². The van der Waals surface area contributed by atoms with E-state index in [1.807, 2.05) is 18.2 Å². The van der Waals surface area contributed by atoms with Crippen molar-refractivity contribution in [3.63, 3.8) is 0 Å². The molecule has 3 aliphatic rings. The Balaban J connectivity index is 1.19. The molecule has 47 heavy (non-hydrogen) atoms. The Bertz CT molecular complexity index is 1880. The van der Waals surface area contributed by atoms with Gasteiger partial charge < -0.3 is 29.8 Å². The Labute approximate surface area is 272 Å². The number of carboxylic acids is 1. The summed E-state index contributed by atoms with van der Waals surface area (Å²) >= 11 is 0. The number of aromatic nitrogens is 2. The summed E-state index contributed by atoms with van der Waals surface area (Å²) in [5, 5.41) is 15.9. The first-order valence-electron chi connectivity index (χ1n) is 16.3. The number of methoxy groups -OCH3 is 1. The van der Waals surface area contributed by atoms with Crippen LogP contribution in [0.25, 0.3) is 28.4 Å². The van der Waals surface area contributed by atoms with Gasteiger partial charge in [-0.05, 0) is 91.6 Å². The molecule has 10 heteroatoms. The molecule has 0 atom stereocenters. The highest BCUT2D eigenvalue weighted by Gasteiger charge is 2.46. The quantitative estimate of drug-likeness (QED) is 0.188. The van der Waals surface area contributed by atoms with Gasteiger partial charge in [0, 0.05) is 28.8 Å². The van der Waals surface area contributed by atoms with Gasteiger partial charge in [0.1, 0.15) is 35.0 Å². The summed E-state index contributed by atoms with van der Waals surface area (Å²) in [6.45, 7) is 1.05. The van der Waals surface area contributed by atoms with Crippen LogP contribution in [0, 0.1) is 0 Å². The Morgan fingerprint density at radius 1 is 1.02 bits per heavy atom. The smallest absolute Gasteiger partial charge is 0.328 e. The molecule has 2 aliphatic carbocycles. The van der Waals surface area contributed by atoms with Gasteiger partial charge in [0.2, 0.25) is 5.91 Å². The fourth-order valence-electron chi connectivity index (χ4n) is 7.19. The maximum Gasteiger partial charge on any atom is 0.328 e. The number of aliphatic carboxylic acids is 1. The van der Waals surface area contributed by atoms with Crippen LogP contribution >= 0.6 is 0 Å². The molecular formula is C37H38N4O6. The van der Waals surface area contributed by atoms with E-state index in [2.05, 4.69) is 21.3 Å². The Hall–Kier alpha value is -5.12. The summed E-state index contributed by atoms with van der Waals surface area (Å²) in [5.74, 6) is 0.207. The predicted octanol–water partition coefficient (Wildman–Crippen LogP) is 6.54. The summed E-state index contributed by atoms with van der Waals surface area (Å²) in [4.78, 5) is 43.1. The number of carbonyl (C=O) groups excluding carboxylic acids is 2. The number of nitrogens with one attached hydrogen (secondary N) is 2. The third-order valence-electron chi connectivity index (χ3n) is 9.79. The van der Waals surface area contributed by atoms with Gasteiger partial charge in [0.05, 0.1) is 19.3 Å². The van der Waals surface area contributed by atoms with Crippen molar-refractivity contribution in [3.05, 3.63) is 77.5 Å². The largest absolute Gasteiger partial charge is 0.497 e. The predicted molar refractivity (Wildman–Crippen MR) is 179 cm³/mol. The van der Waals surface area contributed by atoms with Crippen LogP contribution in [0.15, 0.2) is 60.7 Å². The molecule has 0 radical (unpaired) electrons. The number of amides is 2. The normalized spacial score (nSPS) is 17.1. The molecule has 2 amide bonds. The molecule has 2 aromatic heterocycles. The number of hydrogen-bond donors (Lipinski definition) is 3. The van der Waals surface area contributed by atoms with Crippen LogP contribution in [-0.4, -0.2) is 51.7 Å². The molecule has 242 valence electrons. The second-order valence-electron chi connectivity index (χ2n) is 12.7. The van der Waals surface area contributed by atoms with Crippen LogP contribution in [0.4, 0.5) is 5.69 Å². The van der Waals surface area contributed by atoms with E-state index in [9.17, 15) is 14.4 Å². The van der Waals surface area contributed by atoms with Crippen LogP contribution in [0.3, 0.4) is 0 Å². The maximum atomic E-state index is 13.8. The van der Waals surface area contributed by atoms with Crippen molar-refractivity contribution in [2.45, 2.75) is 69.4 Å². The van der Waals surface area contributed by atoms with Gasteiger partial charge in [-0.3, -0.25) is 9.59 Å². The van der Waals surface area contributed by atoms with Crippen LogP contribution in [-0.2, 0) is 16.1 Å². The fourth-order valence-corrected chi connectivity index (χ4v) is 7.19. The molecule has 3 N–H and O–H groups in total. The molecule has 2 saturated carbocycles. The molecule has 0 spiro atoms. The van der Waals surface area contributed by atoms with E-state index in [1.165, 1.54) is 30.9 Å². The summed E-state index contributed by atoms with van der Waals surface area (Å²) < 4.78 is 13.9. The SMILES string of the molecule is COc1ccc2c(c1)OCCn1c-2c(C2CCCCC2)c2ccc(C(=O)NC3(C(=O)Nc4ccc(C=CC(=O)O)cc4)CCC3)nc21. The zero-order valence-electron chi connectivity index (χ0n) is 26.4. The molecule has 0 bridgehead atoms. The number of carbonyl (C=O) groups is 3. The molecule has 0 unspecified atom stereocenters. The highest BCUT2D eigenvalue weighted by molar-refractivity contribution is 6.04. The third-order valence-corrected chi connectivity index (χ3v) is 9.79. The molecule has 3 heterocycles. The fraction of sp³-hybridized carbons (Fsp3) is 0.351. The van der Waals surface area contributed by atoms with Crippen molar-refractivity contribution in [1.82, 2.24) is 14.9 Å². The number of carboxylic acid groups (broad SMARTS) is 1. The van der Waals surface area contributed by atoms with E-state index < -0.39 is 11.5 Å². The summed E-state index contributed by atoms with van der Waals surface area (Å²) in [7, 11) is 1.65. The number of ether oxygens (including phenoxy) is 2. The van der Waals surface area contributed by atoms with Crippen LogP contribution in [0.1, 0.15) is 78.9 Å². The Kier molecular flexibility index (Phi) is 8.17. The highest BCUT2D eigenvalue weighted by Crippen LogP contribution is 2.47. The van der Waals surface area contributed by atoms with E-state index in [1.54, 1.807) is 37.4 Å². The molecule has 2 fully saturated rings. The maximum absolute atomic E-state index is 13.8. The van der Waals surface area contributed by atoms with Crippen molar-refractivity contribution in [3.8, 4) is 22.8 Å². The van der Waals surface area contributed by atoms with Crippen molar-refractivity contribution < 1.29 is 29.0 Å². The summed E-state index contributed by atoms with van der Waals surface area (Å²) in [6.07, 6.45) is 10.3. The van der Waals surface area contributed by atoms with Crippen molar-refractivity contribution >= 4 is 40.6 Å². The van der Waals surface area contributed by atoms with Crippen molar-refractivity contribution in [2.24, 2.45) is 0 Å². The van der Waals surface area contributed by atoms with Crippen LogP contribution in [0.2, 0.25) is 0 Å². The number of fused-ring (bicyclic) bond motifs is 5.